The molecule has 0 spiro atoms. The van der Waals surface area contributed by atoms with Crippen LogP contribution in [0, 0.1) is 5.82 Å². The summed E-state index contributed by atoms with van der Waals surface area (Å²) in [7, 11) is 0. The van der Waals surface area contributed by atoms with Crippen molar-refractivity contribution in [3.8, 4) is 22.8 Å². The second-order valence-corrected chi connectivity index (χ2v) is 9.87. The van der Waals surface area contributed by atoms with Crippen molar-refractivity contribution in [1.82, 2.24) is 14.8 Å². The average molecular weight is 519 g/mol. The van der Waals surface area contributed by atoms with Crippen LogP contribution in [-0.2, 0) is 4.74 Å². The van der Waals surface area contributed by atoms with Gasteiger partial charge in [0, 0.05) is 32.7 Å². The molecule has 3 fully saturated rings. The molecule has 0 radical (unpaired) electrons. The summed E-state index contributed by atoms with van der Waals surface area (Å²) in [5.41, 5.74) is -0.0512. The monoisotopic (exact) mass is 518 g/mol. The number of rotatable bonds is 2. The molecule has 1 aromatic heterocycles. The number of carbonyl (C=O) groups excluding carboxylic acids is 1. The third-order valence-electron chi connectivity index (χ3n) is 7.30. The van der Waals surface area contributed by atoms with E-state index in [0.29, 0.717) is 18.9 Å². The number of nitrogens with zero attached hydrogens (tertiary/aromatic N) is 4. The second-order valence-electron chi connectivity index (χ2n) is 9.49. The average Bonchev–Trinajstić information content (AvgIpc) is 3.12. The Kier molecular flexibility index (Phi) is 5.56. The van der Waals surface area contributed by atoms with Crippen LogP contribution in [0.1, 0.15) is 23.2 Å². The number of morpholine rings is 1. The molecule has 4 aliphatic heterocycles. The van der Waals surface area contributed by atoms with Gasteiger partial charge in [-0.25, -0.2) is 14.2 Å². The first-order valence-corrected chi connectivity index (χ1v) is 12.2. The van der Waals surface area contributed by atoms with Gasteiger partial charge >= 0.3 is 6.09 Å². The lowest BCUT2D eigenvalue weighted by Gasteiger charge is -2.39. The van der Waals surface area contributed by atoms with Gasteiger partial charge in [-0.1, -0.05) is 17.7 Å². The number of aromatic hydroxyl groups is 1. The Morgan fingerprint density at radius 1 is 1.14 bits per heavy atom. The van der Waals surface area contributed by atoms with Crippen LogP contribution < -0.4 is 9.64 Å². The van der Waals surface area contributed by atoms with Crippen LogP contribution in [0.5, 0.6) is 11.5 Å². The van der Waals surface area contributed by atoms with Crippen LogP contribution in [0.15, 0.2) is 18.2 Å². The minimum atomic E-state index is -1.06. The highest BCUT2D eigenvalue weighted by Crippen LogP contribution is 2.46. The Bertz CT molecular complexity index is 1230. The number of phenolic OH excluding ortho intramolecular Hbond substituents is 1. The van der Waals surface area contributed by atoms with E-state index in [1.807, 2.05) is 4.90 Å². The molecule has 4 aliphatic rings. The van der Waals surface area contributed by atoms with Crippen LogP contribution in [0.25, 0.3) is 11.3 Å². The summed E-state index contributed by atoms with van der Waals surface area (Å²) in [5, 5.41) is 19.8. The van der Waals surface area contributed by atoms with Gasteiger partial charge in [0.1, 0.15) is 40.3 Å². The number of aromatic nitrogens is 1. The Morgan fingerprint density at radius 2 is 1.89 bits per heavy atom. The number of hydrogen-bond donors (Lipinski definition) is 2. The molecule has 2 N–H and O–H groups in total. The summed E-state index contributed by atoms with van der Waals surface area (Å²) in [6.07, 6.45) is 0.681. The molecule has 12 heteroatoms. The van der Waals surface area contributed by atoms with Gasteiger partial charge in [-0.15, -0.1) is 0 Å². The molecule has 36 heavy (non-hydrogen) atoms. The van der Waals surface area contributed by atoms with Crippen LogP contribution in [-0.4, -0.2) is 94.6 Å². The number of fused-ring (bicyclic) bond motifs is 4. The van der Waals surface area contributed by atoms with Crippen LogP contribution in [0.2, 0.25) is 5.02 Å². The molecular formula is C24H24ClFN4O6. The Balaban J connectivity index is 1.51. The molecule has 6 rings (SSSR count). The minimum absolute atomic E-state index is 0.00273. The zero-order chi connectivity index (χ0) is 25.1. The van der Waals surface area contributed by atoms with Crippen LogP contribution in [0.3, 0.4) is 0 Å². The fourth-order valence-electron chi connectivity index (χ4n) is 5.55. The molecule has 10 nitrogen and oxygen atoms in total. The molecule has 2 aromatic rings. The molecular weight excluding hydrogens is 495 g/mol. The largest absolute Gasteiger partial charge is 0.507 e. The van der Waals surface area contributed by atoms with E-state index < -0.39 is 18.0 Å². The standard InChI is InChI=1S/C24H24ClFN4O6/c25-19-20(17-15(26)2-1-3-16(17)31)27-22(29-9-13-4-5-14(10-29)36-13)18-21(19)35-11-12-8-28(24(33)34)6-7-30(12)23(18)32/h1-3,12-14,31H,4-11H2,(H,33,34)/t12-,13?,14?/m1/s1. The number of ether oxygens (including phenoxy) is 2. The fourth-order valence-corrected chi connectivity index (χ4v) is 5.84. The summed E-state index contributed by atoms with van der Waals surface area (Å²) >= 11 is 6.72. The summed E-state index contributed by atoms with van der Waals surface area (Å²) in [6.45, 7) is 1.44. The Morgan fingerprint density at radius 3 is 2.58 bits per heavy atom. The first kappa shape index (κ1) is 23.1. The van der Waals surface area contributed by atoms with Crippen LogP contribution in [0.4, 0.5) is 15.0 Å². The molecule has 0 saturated carbocycles. The lowest BCUT2D eigenvalue weighted by molar-refractivity contribution is 0.0298. The van der Waals surface area contributed by atoms with E-state index in [0.717, 1.165) is 12.8 Å². The van der Waals surface area contributed by atoms with E-state index in [2.05, 4.69) is 4.98 Å². The number of halogens is 2. The first-order chi connectivity index (χ1) is 17.3. The topological polar surface area (TPSA) is 116 Å². The number of carbonyl (C=O) groups is 2. The SMILES string of the molecule is O=C(O)N1CCN2C(=O)c3c(N4CC5CCC(C4)O5)nc(-c4c(O)cccc4F)c(Cl)c3OC[C@H]2C1. The minimum Gasteiger partial charge on any atom is -0.507 e. The molecule has 2 unspecified atom stereocenters. The smallest absolute Gasteiger partial charge is 0.407 e. The predicted molar refractivity (Wildman–Crippen MR) is 126 cm³/mol. The van der Waals surface area contributed by atoms with Gasteiger partial charge in [0.05, 0.1) is 23.8 Å². The maximum atomic E-state index is 14.9. The number of hydrogen-bond acceptors (Lipinski definition) is 7. The van der Waals surface area contributed by atoms with E-state index in [9.17, 15) is 24.2 Å². The maximum Gasteiger partial charge on any atom is 0.407 e. The Hall–Kier alpha value is -3.31. The van der Waals surface area contributed by atoms with Crippen molar-refractivity contribution >= 4 is 29.4 Å². The zero-order valence-electron chi connectivity index (χ0n) is 19.2. The normalized spacial score (nSPS) is 25.2. The van der Waals surface area contributed by atoms with E-state index in [-0.39, 0.29) is 77.7 Å². The van der Waals surface area contributed by atoms with E-state index in [1.54, 1.807) is 4.90 Å². The summed E-state index contributed by atoms with van der Waals surface area (Å²) < 4.78 is 26.9. The molecule has 3 atom stereocenters. The lowest BCUT2D eigenvalue weighted by Crippen LogP contribution is -2.57. The van der Waals surface area contributed by atoms with Crippen molar-refractivity contribution in [3.05, 3.63) is 34.6 Å². The van der Waals surface area contributed by atoms with Crippen molar-refractivity contribution < 1.29 is 33.7 Å². The van der Waals surface area contributed by atoms with Gasteiger partial charge < -0.3 is 34.4 Å². The first-order valence-electron chi connectivity index (χ1n) is 11.8. The van der Waals surface area contributed by atoms with Gasteiger partial charge in [0.2, 0.25) is 0 Å². The number of phenols is 1. The summed E-state index contributed by atoms with van der Waals surface area (Å²) in [6, 6.07) is 3.38. The summed E-state index contributed by atoms with van der Waals surface area (Å²) in [4.78, 5) is 34.9. The van der Waals surface area contributed by atoms with Gasteiger partial charge in [0.25, 0.3) is 5.91 Å². The molecule has 3 saturated heterocycles. The predicted octanol–water partition coefficient (Wildman–Crippen LogP) is 2.81. The zero-order valence-corrected chi connectivity index (χ0v) is 19.9. The second kappa shape index (κ2) is 8.67. The van der Waals surface area contributed by atoms with E-state index >= 15 is 0 Å². The van der Waals surface area contributed by atoms with Gasteiger partial charge in [-0.3, -0.25) is 4.79 Å². The molecule has 0 aliphatic carbocycles. The lowest BCUT2D eigenvalue weighted by atomic mass is 10.0. The molecule has 190 valence electrons. The molecule has 5 heterocycles. The number of pyridine rings is 1. The van der Waals surface area contributed by atoms with Crippen molar-refractivity contribution in [2.24, 2.45) is 0 Å². The summed E-state index contributed by atoms with van der Waals surface area (Å²) in [5.74, 6) is -1.08. The van der Waals surface area contributed by atoms with E-state index in [4.69, 9.17) is 21.1 Å². The number of benzene rings is 1. The third-order valence-corrected chi connectivity index (χ3v) is 7.65. The number of anilines is 1. The third kappa shape index (κ3) is 3.68. The van der Waals surface area contributed by atoms with E-state index in [1.165, 1.54) is 23.1 Å². The number of carboxylic acid groups (broad SMARTS) is 1. The number of amides is 2. The highest BCUT2D eigenvalue weighted by Gasteiger charge is 2.43. The quantitative estimate of drug-likeness (QED) is 0.623. The van der Waals surface area contributed by atoms with Gasteiger partial charge in [0.15, 0.2) is 5.75 Å². The van der Waals surface area contributed by atoms with Crippen molar-refractivity contribution in [2.45, 2.75) is 31.1 Å². The number of piperazine rings is 1. The van der Waals surface area contributed by atoms with Gasteiger partial charge in [-0.2, -0.15) is 0 Å². The maximum absolute atomic E-state index is 14.9. The highest BCUT2D eigenvalue weighted by molar-refractivity contribution is 6.35. The molecule has 2 amide bonds. The molecule has 2 bridgehead atoms. The molecule has 1 aromatic carbocycles. The van der Waals surface area contributed by atoms with Crippen molar-refractivity contribution in [2.75, 3.05) is 44.2 Å². The van der Waals surface area contributed by atoms with Crippen molar-refractivity contribution in [3.63, 3.8) is 0 Å². The van der Waals surface area contributed by atoms with Crippen LogP contribution >= 0.6 is 11.6 Å². The fraction of sp³-hybridized carbons (Fsp3) is 0.458. The van der Waals surface area contributed by atoms with Crippen molar-refractivity contribution in [1.29, 1.82) is 0 Å². The van der Waals surface area contributed by atoms with Gasteiger partial charge in [-0.05, 0) is 25.0 Å². The Labute approximate surface area is 210 Å². The highest BCUT2D eigenvalue weighted by atomic mass is 35.5.